The Kier molecular flexibility index (Phi) is 7.24. The van der Waals surface area contributed by atoms with E-state index in [0.717, 1.165) is 19.0 Å². The van der Waals surface area contributed by atoms with Crippen molar-refractivity contribution < 1.29 is 19.2 Å². The first kappa shape index (κ1) is 17.0. The molecular formula is C13H18FN3O4. The van der Waals surface area contributed by atoms with Crippen molar-refractivity contribution in [3.63, 3.8) is 0 Å². The minimum atomic E-state index is -0.696. The third-order valence-corrected chi connectivity index (χ3v) is 2.95. The standard InChI is InChI=1S/C13H18FN3O4/c14-10-8-15-13(20)16-11(10)7-9(18)5-3-1-2-4-6-12(19)17-21/h8,21H,1-7H2,(H,17,19)(H,15,16,20). The number of aromatic nitrogens is 2. The normalized spacial score (nSPS) is 10.4. The van der Waals surface area contributed by atoms with Crippen LogP contribution in [0.5, 0.6) is 0 Å². The van der Waals surface area contributed by atoms with Crippen molar-refractivity contribution in [1.82, 2.24) is 15.4 Å². The van der Waals surface area contributed by atoms with Crippen molar-refractivity contribution in [1.29, 1.82) is 0 Å². The molecule has 8 heteroatoms. The van der Waals surface area contributed by atoms with Gasteiger partial charge in [0.2, 0.25) is 5.91 Å². The number of unbranched alkanes of at least 4 members (excludes halogenated alkanes) is 3. The molecule has 0 aliphatic heterocycles. The van der Waals surface area contributed by atoms with Crippen molar-refractivity contribution in [2.24, 2.45) is 0 Å². The van der Waals surface area contributed by atoms with Gasteiger partial charge in [-0.25, -0.2) is 14.7 Å². The highest BCUT2D eigenvalue weighted by atomic mass is 19.1. The number of hydroxylamine groups is 1. The summed E-state index contributed by atoms with van der Waals surface area (Å²) < 4.78 is 13.3. The maximum atomic E-state index is 13.3. The molecule has 0 radical (unpaired) electrons. The van der Waals surface area contributed by atoms with Crippen LogP contribution in [-0.4, -0.2) is 26.9 Å². The predicted molar refractivity (Wildman–Crippen MR) is 71.2 cm³/mol. The van der Waals surface area contributed by atoms with Crippen molar-refractivity contribution in [3.05, 3.63) is 28.2 Å². The molecule has 1 aromatic heterocycles. The molecule has 3 N–H and O–H groups in total. The van der Waals surface area contributed by atoms with Crippen LogP contribution in [0.3, 0.4) is 0 Å². The lowest BCUT2D eigenvalue weighted by molar-refractivity contribution is -0.129. The Morgan fingerprint density at radius 1 is 1.24 bits per heavy atom. The Morgan fingerprint density at radius 2 is 1.90 bits per heavy atom. The van der Waals surface area contributed by atoms with Crippen LogP contribution < -0.4 is 11.2 Å². The summed E-state index contributed by atoms with van der Waals surface area (Å²) in [5.41, 5.74) is 0.827. The van der Waals surface area contributed by atoms with E-state index in [1.807, 2.05) is 0 Å². The molecule has 0 saturated carbocycles. The number of carbonyl (C=O) groups is 2. The first-order chi connectivity index (χ1) is 10.0. The molecule has 1 rings (SSSR count). The van der Waals surface area contributed by atoms with E-state index in [2.05, 4.69) is 9.97 Å². The van der Waals surface area contributed by atoms with Gasteiger partial charge in [0.25, 0.3) is 0 Å². The quantitative estimate of drug-likeness (QED) is 0.356. The van der Waals surface area contributed by atoms with Crippen molar-refractivity contribution in [2.45, 2.75) is 44.9 Å². The second-order valence-corrected chi connectivity index (χ2v) is 4.68. The second kappa shape index (κ2) is 8.96. The van der Waals surface area contributed by atoms with Gasteiger partial charge in [-0.1, -0.05) is 12.8 Å². The Balaban J connectivity index is 2.21. The number of H-pyrrole nitrogens is 1. The van der Waals surface area contributed by atoms with Gasteiger partial charge in [-0.05, 0) is 12.8 Å². The van der Waals surface area contributed by atoms with Gasteiger partial charge in [-0.3, -0.25) is 14.8 Å². The SMILES string of the molecule is O=C(CCCCCCC(=O)NO)Cc1[nH]c(=O)ncc1F. The number of nitrogens with zero attached hydrogens (tertiary/aromatic N) is 1. The van der Waals surface area contributed by atoms with Gasteiger partial charge in [0.05, 0.1) is 11.9 Å². The Bertz CT molecular complexity index is 544. The third-order valence-electron chi connectivity index (χ3n) is 2.95. The van der Waals surface area contributed by atoms with E-state index in [1.165, 1.54) is 0 Å². The minimum absolute atomic E-state index is 0.0420. The molecule has 0 spiro atoms. The molecule has 1 heterocycles. The van der Waals surface area contributed by atoms with Gasteiger partial charge in [0.1, 0.15) is 5.78 Å². The van der Waals surface area contributed by atoms with Gasteiger partial charge in [-0.15, -0.1) is 0 Å². The fourth-order valence-electron chi connectivity index (χ4n) is 1.85. The zero-order valence-corrected chi connectivity index (χ0v) is 11.5. The fourth-order valence-corrected chi connectivity index (χ4v) is 1.85. The van der Waals surface area contributed by atoms with Crippen LogP contribution in [0, 0.1) is 5.82 Å². The summed E-state index contributed by atoms with van der Waals surface area (Å²) in [5, 5.41) is 8.29. The van der Waals surface area contributed by atoms with E-state index in [-0.39, 0.29) is 30.7 Å². The number of ketones is 1. The predicted octanol–water partition coefficient (Wildman–Crippen LogP) is 0.867. The Morgan fingerprint density at radius 3 is 2.57 bits per heavy atom. The summed E-state index contributed by atoms with van der Waals surface area (Å²) in [6.45, 7) is 0. The third kappa shape index (κ3) is 6.75. The van der Waals surface area contributed by atoms with Gasteiger partial charge in [-0.2, -0.15) is 4.98 Å². The molecule has 0 aliphatic rings. The number of halogens is 1. The first-order valence-electron chi connectivity index (χ1n) is 6.71. The first-order valence-corrected chi connectivity index (χ1v) is 6.71. The number of Topliss-reactive ketones (excluding diaryl/α,β-unsaturated/α-hetero) is 1. The van der Waals surface area contributed by atoms with E-state index in [1.54, 1.807) is 5.48 Å². The molecule has 0 bridgehead atoms. The van der Waals surface area contributed by atoms with Crippen LogP contribution in [0.2, 0.25) is 0 Å². The number of hydrogen-bond donors (Lipinski definition) is 3. The maximum Gasteiger partial charge on any atom is 0.345 e. The summed E-state index contributed by atoms with van der Waals surface area (Å²) in [6, 6.07) is 0. The van der Waals surface area contributed by atoms with E-state index >= 15 is 0 Å². The molecule has 1 aromatic rings. The molecule has 0 fully saturated rings. The van der Waals surface area contributed by atoms with E-state index in [9.17, 15) is 18.8 Å². The topological polar surface area (TPSA) is 112 Å². The summed E-state index contributed by atoms with van der Waals surface area (Å²) in [7, 11) is 0. The summed E-state index contributed by atoms with van der Waals surface area (Å²) in [5.74, 6) is -1.29. The monoisotopic (exact) mass is 299 g/mol. The number of carbonyl (C=O) groups excluding carboxylic acids is 2. The molecule has 0 atom stereocenters. The minimum Gasteiger partial charge on any atom is -0.306 e. The lowest BCUT2D eigenvalue weighted by Gasteiger charge is -2.03. The smallest absolute Gasteiger partial charge is 0.306 e. The van der Waals surface area contributed by atoms with Crippen LogP contribution in [0.4, 0.5) is 4.39 Å². The summed E-state index contributed by atoms with van der Waals surface area (Å²) in [4.78, 5) is 38.7. The summed E-state index contributed by atoms with van der Waals surface area (Å²) in [6.07, 6.45) is 3.97. The molecule has 0 saturated heterocycles. The average Bonchev–Trinajstić information content (AvgIpc) is 2.46. The number of aromatic amines is 1. The lowest BCUT2D eigenvalue weighted by atomic mass is 10.1. The molecule has 116 valence electrons. The van der Waals surface area contributed by atoms with E-state index in [0.29, 0.717) is 12.8 Å². The van der Waals surface area contributed by atoms with E-state index < -0.39 is 17.4 Å². The number of rotatable bonds is 9. The van der Waals surface area contributed by atoms with Crippen LogP contribution in [0.1, 0.15) is 44.2 Å². The Hall–Kier alpha value is -2.09. The highest BCUT2D eigenvalue weighted by molar-refractivity contribution is 5.80. The number of hydrogen-bond acceptors (Lipinski definition) is 5. The zero-order valence-electron chi connectivity index (χ0n) is 11.5. The summed E-state index contributed by atoms with van der Waals surface area (Å²) >= 11 is 0. The van der Waals surface area contributed by atoms with Crippen LogP contribution in [-0.2, 0) is 16.0 Å². The van der Waals surface area contributed by atoms with Crippen LogP contribution >= 0.6 is 0 Å². The highest BCUT2D eigenvalue weighted by Gasteiger charge is 2.09. The molecule has 21 heavy (non-hydrogen) atoms. The Labute approximate surface area is 120 Å². The average molecular weight is 299 g/mol. The van der Waals surface area contributed by atoms with Crippen LogP contribution in [0.15, 0.2) is 11.0 Å². The molecule has 0 unspecified atom stereocenters. The van der Waals surface area contributed by atoms with Gasteiger partial charge < -0.3 is 4.98 Å². The molecular weight excluding hydrogens is 281 g/mol. The lowest BCUT2D eigenvalue weighted by Crippen LogP contribution is -2.17. The highest BCUT2D eigenvalue weighted by Crippen LogP contribution is 2.08. The molecule has 0 aliphatic carbocycles. The van der Waals surface area contributed by atoms with Gasteiger partial charge >= 0.3 is 5.69 Å². The van der Waals surface area contributed by atoms with Crippen molar-refractivity contribution in [3.8, 4) is 0 Å². The van der Waals surface area contributed by atoms with E-state index in [4.69, 9.17) is 5.21 Å². The number of nitrogens with one attached hydrogen (secondary N) is 2. The van der Waals surface area contributed by atoms with Gasteiger partial charge in [0, 0.05) is 19.3 Å². The largest absolute Gasteiger partial charge is 0.345 e. The number of amides is 1. The van der Waals surface area contributed by atoms with Gasteiger partial charge in [0.15, 0.2) is 5.82 Å². The second-order valence-electron chi connectivity index (χ2n) is 4.68. The maximum absolute atomic E-state index is 13.3. The van der Waals surface area contributed by atoms with Crippen molar-refractivity contribution in [2.75, 3.05) is 0 Å². The fraction of sp³-hybridized carbons (Fsp3) is 0.538. The van der Waals surface area contributed by atoms with Crippen LogP contribution in [0.25, 0.3) is 0 Å². The molecule has 1 amide bonds. The molecule has 7 nitrogen and oxygen atoms in total. The van der Waals surface area contributed by atoms with Crippen molar-refractivity contribution >= 4 is 11.7 Å². The molecule has 0 aromatic carbocycles. The zero-order chi connectivity index (χ0) is 15.7.